The number of hydrogen-bond donors (Lipinski definition) is 0. The van der Waals surface area contributed by atoms with Gasteiger partial charge in [-0.05, 0) is 20.1 Å². The maximum absolute atomic E-state index is 8.10. The van der Waals surface area contributed by atoms with Gasteiger partial charge in [0.05, 0.1) is 6.07 Å². The third-order valence-corrected chi connectivity index (χ3v) is 0.560. The first-order valence-electron chi connectivity index (χ1n) is 2.18. The molecule has 1 atom stereocenters. The van der Waals surface area contributed by atoms with Crippen LogP contribution in [0.15, 0.2) is 4.99 Å². The van der Waals surface area contributed by atoms with Crippen molar-refractivity contribution in [2.45, 2.75) is 19.9 Å². The largest absolute Gasteiger partial charge is 0.280 e. The molecule has 0 aliphatic heterocycles. The minimum absolute atomic E-state index is 0.176. The number of nitrogens with zero attached hydrogens (tertiary/aromatic N) is 2. The van der Waals surface area contributed by atoms with E-state index in [0.29, 0.717) is 0 Å². The van der Waals surface area contributed by atoms with Gasteiger partial charge in [0.15, 0.2) is 0 Å². The summed E-state index contributed by atoms with van der Waals surface area (Å²) in [6.45, 7) is 3.55. The van der Waals surface area contributed by atoms with E-state index in [1.807, 2.05) is 6.07 Å². The van der Waals surface area contributed by atoms with E-state index in [1.165, 1.54) is 0 Å². The number of hydrogen-bond acceptors (Lipinski definition) is 2. The van der Waals surface area contributed by atoms with E-state index in [9.17, 15) is 0 Å². The van der Waals surface area contributed by atoms with Gasteiger partial charge in [-0.2, -0.15) is 5.26 Å². The number of aliphatic imine (C=N–C) groups is 1. The van der Waals surface area contributed by atoms with Crippen LogP contribution in [0.2, 0.25) is 0 Å². The monoisotopic (exact) mass is 96.1 g/mol. The van der Waals surface area contributed by atoms with Gasteiger partial charge in [-0.3, -0.25) is 4.99 Å². The number of rotatable bonds is 1. The summed E-state index contributed by atoms with van der Waals surface area (Å²) in [5.74, 6) is 0. The van der Waals surface area contributed by atoms with E-state index >= 15 is 0 Å². The van der Waals surface area contributed by atoms with E-state index < -0.39 is 0 Å². The van der Waals surface area contributed by atoms with Crippen molar-refractivity contribution >= 4 is 6.21 Å². The van der Waals surface area contributed by atoms with Crippen molar-refractivity contribution in [2.24, 2.45) is 4.99 Å². The predicted octanol–water partition coefficient (Wildman–Crippen LogP) is 0.989. The average molecular weight is 96.1 g/mol. The quantitative estimate of drug-likeness (QED) is 0.448. The normalized spacial score (nSPS) is 13.9. The third kappa shape index (κ3) is 2.98. The van der Waals surface area contributed by atoms with Crippen LogP contribution in [0.4, 0.5) is 0 Å². The van der Waals surface area contributed by atoms with E-state index in [2.05, 4.69) is 4.99 Å². The summed E-state index contributed by atoms with van der Waals surface area (Å²) in [6, 6.07) is 1.79. The molecule has 0 aromatic carbocycles. The van der Waals surface area contributed by atoms with Crippen molar-refractivity contribution in [3.8, 4) is 6.07 Å². The minimum Gasteiger partial charge on any atom is -0.280 e. The van der Waals surface area contributed by atoms with Crippen molar-refractivity contribution in [1.29, 1.82) is 5.26 Å². The Labute approximate surface area is 43.5 Å². The summed E-state index contributed by atoms with van der Waals surface area (Å²) in [7, 11) is 0. The molecule has 0 saturated heterocycles. The summed E-state index contributed by atoms with van der Waals surface area (Å²) in [5.41, 5.74) is 0. The van der Waals surface area contributed by atoms with Gasteiger partial charge in [0.2, 0.25) is 0 Å². The fourth-order valence-electron chi connectivity index (χ4n) is 0.257. The zero-order chi connectivity index (χ0) is 5.70. The molecule has 0 aromatic heterocycles. The van der Waals surface area contributed by atoms with Crippen molar-refractivity contribution in [3.05, 3.63) is 0 Å². The first-order valence-corrected chi connectivity index (χ1v) is 2.18. The van der Waals surface area contributed by atoms with Crippen LogP contribution in [0, 0.1) is 11.3 Å². The molecule has 0 N–H and O–H groups in total. The fourth-order valence-corrected chi connectivity index (χ4v) is 0.257. The molecule has 38 valence electrons. The van der Waals surface area contributed by atoms with Crippen LogP contribution >= 0.6 is 0 Å². The van der Waals surface area contributed by atoms with Crippen LogP contribution < -0.4 is 0 Å². The van der Waals surface area contributed by atoms with Crippen LogP contribution in [0.1, 0.15) is 13.8 Å². The standard InChI is InChI=1S/C5H8N2/c1-3-7-5(2)4-6/h3,5H,1-2H3. The van der Waals surface area contributed by atoms with Crippen LogP contribution in [-0.4, -0.2) is 12.3 Å². The summed E-state index contributed by atoms with van der Waals surface area (Å²) >= 11 is 0. The molecular formula is C5H8N2. The van der Waals surface area contributed by atoms with Gasteiger partial charge in [-0.15, -0.1) is 0 Å². The Kier molecular flexibility index (Phi) is 2.95. The molecule has 7 heavy (non-hydrogen) atoms. The van der Waals surface area contributed by atoms with Gasteiger partial charge in [0, 0.05) is 0 Å². The van der Waals surface area contributed by atoms with E-state index in [-0.39, 0.29) is 6.04 Å². The molecule has 0 saturated carbocycles. The molecule has 0 spiro atoms. The van der Waals surface area contributed by atoms with Crippen molar-refractivity contribution in [3.63, 3.8) is 0 Å². The van der Waals surface area contributed by atoms with Gasteiger partial charge >= 0.3 is 0 Å². The number of nitriles is 1. The Morgan fingerprint density at radius 2 is 2.43 bits per heavy atom. The second kappa shape index (κ2) is 3.35. The SMILES string of the molecule is CC=NC(C)C#N. The molecule has 0 aliphatic carbocycles. The highest BCUT2D eigenvalue weighted by molar-refractivity contribution is 5.53. The molecule has 0 amide bonds. The maximum atomic E-state index is 8.10. The van der Waals surface area contributed by atoms with Crippen molar-refractivity contribution in [1.82, 2.24) is 0 Å². The molecule has 0 bridgehead atoms. The Balaban J connectivity index is 3.42. The summed E-state index contributed by atoms with van der Waals surface area (Å²) in [6.07, 6.45) is 1.63. The summed E-state index contributed by atoms with van der Waals surface area (Å²) < 4.78 is 0. The van der Waals surface area contributed by atoms with E-state index in [4.69, 9.17) is 5.26 Å². The Morgan fingerprint density at radius 1 is 1.86 bits per heavy atom. The topological polar surface area (TPSA) is 36.1 Å². The molecule has 2 heteroatoms. The lowest BCUT2D eigenvalue weighted by molar-refractivity contribution is 0.945. The maximum Gasteiger partial charge on any atom is 0.133 e. The first kappa shape index (κ1) is 6.16. The molecule has 1 unspecified atom stereocenters. The van der Waals surface area contributed by atoms with Crippen molar-refractivity contribution in [2.75, 3.05) is 0 Å². The predicted molar refractivity (Wildman–Crippen MR) is 29.2 cm³/mol. The van der Waals surface area contributed by atoms with Gasteiger partial charge in [-0.1, -0.05) is 0 Å². The molecule has 0 aliphatic rings. The van der Waals surface area contributed by atoms with E-state index in [1.54, 1.807) is 20.1 Å². The molecule has 0 aromatic rings. The summed E-state index contributed by atoms with van der Waals surface area (Å²) in [4.78, 5) is 3.76. The Hall–Kier alpha value is -0.840. The smallest absolute Gasteiger partial charge is 0.133 e. The van der Waals surface area contributed by atoms with Crippen molar-refractivity contribution < 1.29 is 0 Å². The lowest BCUT2D eigenvalue weighted by Gasteiger charge is -1.84. The molecular weight excluding hydrogens is 88.1 g/mol. The lowest BCUT2D eigenvalue weighted by atomic mass is 10.4. The Bertz CT molecular complexity index is 99.1. The van der Waals surface area contributed by atoms with Crippen LogP contribution in [0.5, 0.6) is 0 Å². The summed E-state index contributed by atoms with van der Waals surface area (Å²) in [5, 5.41) is 8.10. The van der Waals surface area contributed by atoms with E-state index in [0.717, 1.165) is 0 Å². The highest BCUT2D eigenvalue weighted by Crippen LogP contribution is 1.80. The van der Waals surface area contributed by atoms with Gasteiger partial charge in [0.25, 0.3) is 0 Å². The highest BCUT2D eigenvalue weighted by Gasteiger charge is 1.86. The van der Waals surface area contributed by atoms with Crippen LogP contribution in [-0.2, 0) is 0 Å². The van der Waals surface area contributed by atoms with Gasteiger partial charge in [0.1, 0.15) is 6.04 Å². The minimum atomic E-state index is -0.176. The zero-order valence-corrected chi connectivity index (χ0v) is 4.55. The van der Waals surface area contributed by atoms with Gasteiger partial charge < -0.3 is 0 Å². The molecule has 0 radical (unpaired) electrons. The molecule has 0 heterocycles. The van der Waals surface area contributed by atoms with Gasteiger partial charge in [-0.25, -0.2) is 0 Å². The molecule has 0 fully saturated rings. The zero-order valence-electron chi connectivity index (χ0n) is 4.55. The third-order valence-electron chi connectivity index (χ3n) is 0.560. The second-order valence-corrected chi connectivity index (χ2v) is 1.21. The first-order chi connectivity index (χ1) is 3.31. The second-order valence-electron chi connectivity index (χ2n) is 1.21. The highest BCUT2D eigenvalue weighted by atomic mass is 14.7. The van der Waals surface area contributed by atoms with Crippen LogP contribution in [0.25, 0.3) is 0 Å². The lowest BCUT2D eigenvalue weighted by Crippen LogP contribution is -1.89. The fraction of sp³-hybridized carbons (Fsp3) is 0.600. The average Bonchev–Trinajstić information content (AvgIpc) is 1.68. The Morgan fingerprint density at radius 3 is 2.57 bits per heavy atom. The van der Waals surface area contributed by atoms with Crippen LogP contribution in [0.3, 0.4) is 0 Å². The molecule has 0 rings (SSSR count). The molecule has 2 nitrogen and oxygen atoms in total.